The molecule has 0 saturated carbocycles. The van der Waals surface area contributed by atoms with E-state index in [0.717, 1.165) is 12.0 Å². The topological polar surface area (TPSA) is 49.9 Å². The second-order valence-corrected chi connectivity index (χ2v) is 9.17. The van der Waals surface area contributed by atoms with Crippen LogP contribution in [0.1, 0.15) is 33.1 Å². The number of thiophene rings is 2. The fraction of sp³-hybridized carbons (Fsp3) is 0.304. The molecule has 0 bridgehead atoms. The minimum absolute atomic E-state index is 0.0170. The number of likely N-dealkylation sites (N-methyl/N-ethyl adjacent to an activating group) is 1. The van der Waals surface area contributed by atoms with Gasteiger partial charge in [-0.25, -0.2) is 4.39 Å². The van der Waals surface area contributed by atoms with Crippen molar-refractivity contribution in [2.75, 3.05) is 26.2 Å². The minimum Gasteiger partial charge on any atom is -0.491 e. The monoisotopic (exact) mass is 458 g/mol. The van der Waals surface area contributed by atoms with Gasteiger partial charge in [0.05, 0.1) is 10.9 Å². The minimum atomic E-state index is -0.365. The SMILES string of the molecule is CCN(CC(=O)N1CCc2sccc2[C@H]1COc1cccc(F)c1)C(=O)c1cccs1. The molecule has 1 atom stereocenters. The number of carbonyl (C=O) groups excluding carboxylic acids is 2. The van der Waals surface area contributed by atoms with Gasteiger partial charge < -0.3 is 14.5 Å². The lowest BCUT2D eigenvalue weighted by Crippen LogP contribution is -2.47. The Kier molecular flexibility index (Phi) is 6.67. The standard InChI is InChI=1S/C23H23FN2O3S2/c1-2-25(23(28)21-7-4-11-30-21)14-22(27)26-10-8-20-18(9-12-31-20)19(26)15-29-17-6-3-5-16(24)13-17/h3-7,9,11-13,19H,2,8,10,14-15H2,1H3/t19-/m1/s1. The fourth-order valence-electron chi connectivity index (χ4n) is 3.74. The molecule has 0 radical (unpaired) electrons. The lowest BCUT2D eigenvalue weighted by Gasteiger charge is -2.37. The van der Waals surface area contributed by atoms with Crippen LogP contribution in [0.3, 0.4) is 0 Å². The number of carbonyl (C=O) groups is 2. The van der Waals surface area contributed by atoms with Crippen LogP contribution in [-0.4, -0.2) is 47.9 Å². The number of halogens is 1. The van der Waals surface area contributed by atoms with Crippen molar-refractivity contribution in [3.05, 3.63) is 74.4 Å². The Bertz CT molecular complexity index is 1050. The third kappa shape index (κ3) is 4.80. The Labute approximate surface area is 188 Å². The number of benzene rings is 1. The number of amides is 2. The highest BCUT2D eigenvalue weighted by Gasteiger charge is 2.33. The molecule has 0 fully saturated rings. The van der Waals surface area contributed by atoms with Crippen molar-refractivity contribution >= 4 is 34.5 Å². The summed E-state index contributed by atoms with van der Waals surface area (Å²) in [6.45, 7) is 3.13. The first kappa shape index (κ1) is 21.5. The van der Waals surface area contributed by atoms with Crippen LogP contribution in [0.4, 0.5) is 4.39 Å². The summed E-state index contributed by atoms with van der Waals surface area (Å²) in [4.78, 5) is 31.2. The molecule has 162 valence electrons. The Morgan fingerprint density at radius 1 is 1.19 bits per heavy atom. The average Bonchev–Trinajstić information content (AvgIpc) is 3.47. The Morgan fingerprint density at radius 2 is 2.06 bits per heavy atom. The first-order valence-corrected chi connectivity index (χ1v) is 11.9. The van der Waals surface area contributed by atoms with Crippen LogP contribution in [0, 0.1) is 5.82 Å². The van der Waals surface area contributed by atoms with Gasteiger partial charge in [0, 0.05) is 24.0 Å². The maximum atomic E-state index is 13.5. The molecule has 0 N–H and O–H groups in total. The highest BCUT2D eigenvalue weighted by atomic mass is 32.1. The number of hydrogen-bond acceptors (Lipinski definition) is 5. The molecular weight excluding hydrogens is 435 g/mol. The third-order valence-electron chi connectivity index (χ3n) is 5.35. The van der Waals surface area contributed by atoms with Crippen LogP contribution in [0.2, 0.25) is 0 Å². The molecule has 3 aromatic rings. The van der Waals surface area contributed by atoms with Gasteiger partial charge in [0.25, 0.3) is 5.91 Å². The molecule has 0 spiro atoms. The first-order chi connectivity index (χ1) is 15.1. The van der Waals surface area contributed by atoms with E-state index in [9.17, 15) is 14.0 Å². The van der Waals surface area contributed by atoms with Crippen LogP contribution < -0.4 is 4.74 Å². The van der Waals surface area contributed by atoms with Gasteiger partial charge in [-0.2, -0.15) is 0 Å². The van der Waals surface area contributed by atoms with Crippen molar-refractivity contribution in [3.8, 4) is 5.75 Å². The zero-order valence-electron chi connectivity index (χ0n) is 17.1. The van der Waals surface area contributed by atoms with E-state index in [-0.39, 0.29) is 36.8 Å². The molecule has 0 aliphatic carbocycles. The number of fused-ring (bicyclic) bond motifs is 1. The zero-order chi connectivity index (χ0) is 21.8. The van der Waals surface area contributed by atoms with Crippen molar-refractivity contribution in [2.24, 2.45) is 0 Å². The smallest absolute Gasteiger partial charge is 0.264 e. The largest absolute Gasteiger partial charge is 0.491 e. The Hall–Kier alpha value is -2.71. The summed E-state index contributed by atoms with van der Waals surface area (Å²) in [7, 11) is 0. The molecule has 1 aliphatic heterocycles. The molecular formula is C23H23FN2O3S2. The van der Waals surface area contributed by atoms with Crippen molar-refractivity contribution < 1.29 is 18.7 Å². The molecule has 1 aromatic carbocycles. The van der Waals surface area contributed by atoms with Crippen LogP contribution in [0.5, 0.6) is 5.75 Å². The molecule has 1 aliphatic rings. The van der Waals surface area contributed by atoms with E-state index in [1.54, 1.807) is 39.3 Å². The van der Waals surface area contributed by atoms with Crippen LogP contribution >= 0.6 is 22.7 Å². The van der Waals surface area contributed by atoms with E-state index in [2.05, 4.69) is 0 Å². The van der Waals surface area contributed by atoms with Gasteiger partial charge in [0.15, 0.2) is 0 Å². The summed E-state index contributed by atoms with van der Waals surface area (Å²) >= 11 is 3.04. The van der Waals surface area contributed by atoms with Crippen LogP contribution in [-0.2, 0) is 11.2 Å². The lowest BCUT2D eigenvalue weighted by atomic mass is 10.0. The number of nitrogens with zero attached hydrogens (tertiary/aromatic N) is 2. The maximum absolute atomic E-state index is 13.5. The van der Waals surface area contributed by atoms with E-state index in [0.29, 0.717) is 23.7 Å². The number of ether oxygens (including phenoxy) is 1. The van der Waals surface area contributed by atoms with Gasteiger partial charge in [0.1, 0.15) is 24.7 Å². The molecule has 2 amide bonds. The second-order valence-electron chi connectivity index (χ2n) is 7.22. The van der Waals surface area contributed by atoms with Crippen molar-refractivity contribution in [3.63, 3.8) is 0 Å². The van der Waals surface area contributed by atoms with Gasteiger partial charge in [-0.3, -0.25) is 9.59 Å². The van der Waals surface area contributed by atoms with Crippen molar-refractivity contribution in [1.29, 1.82) is 0 Å². The van der Waals surface area contributed by atoms with Crippen molar-refractivity contribution in [2.45, 2.75) is 19.4 Å². The van der Waals surface area contributed by atoms with Gasteiger partial charge in [-0.15, -0.1) is 22.7 Å². The van der Waals surface area contributed by atoms with Crippen LogP contribution in [0.15, 0.2) is 53.2 Å². The van der Waals surface area contributed by atoms with E-state index >= 15 is 0 Å². The molecule has 31 heavy (non-hydrogen) atoms. The summed E-state index contributed by atoms with van der Waals surface area (Å²) in [5, 5.41) is 3.87. The normalized spacial score (nSPS) is 15.4. The molecule has 8 heteroatoms. The van der Waals surface area contributed by atoms with E-state index < -0.39 is 0 Å². The highest BCUT2D eigenvalue weighted by Crippen LogP contribution is 2.34. The third-order valence-corrected chi connectivity index (χ3v) is 7.20. The van der Waals surface area contributed by atoms with Gasteiger partial charge >= 0.3 is 0 Å². The fourth-order valence-corrected chi connectivity index (χ4v) is 5.36. The van der Waals surface area contributed by atoms with Crippen LogP contribution in [0.25, 0.3) is 0 Å². The predicted octanol–water partition coefficient (Wildman–Crippen LogP) is 4.62. The summed E-state index contributed by atoms with van der Waals surface area (Å²) in [5.74, 6) is -0.183. The Morgan fingerprint density at radius 3 is 2.81 bits per heavy atom. The number of rotatable bonds is 7. The van der Waals surface area contributed by atoms with E-state index in [4.69, 9.17) is 4.74 Å². The zero-order valence-corrected chi connectivity index (χ0v) is 18.8. The summed E-state index contributed by atoms with van der Waals surface area (Å²) in [6.07, 6.45) is 0.778. The number of hydrogen-bond donors (Lipinski definition) is 0. The van der Waals surface area contributed by atoms with Gasteiger partial charge in [-0.1, -0.05) is 12.1 Å². The predicted molar refractivity (Wildman–Crippen MR) is 120 cm³/mol. The molecule has 4 rings (SSSR count). The quantitative estimate of drug-likeness (QED) is 0.519. The molecule has 0 saturated heterocycles. The molecule has 2 aromatic heterocycles. The lowest BCUT2D eigenvalue weighted by molar-refractivity contribution is -0.135. The average molecular weight is 459 g/mol. The van der Waals surface area contributed by atoms with E-state index in [1.165, 1.54) is 28.3 Å². The molecule has 3 heterocycles. The Balaban J connectivity index is 1.50. The van der Waals surface area contributed by atoms with Gasteiger partial charge in [-0.05, 0) is 53.9 Å². The maximum Gasteiger partial charge on any atom is 0.264 e. The molecule has 5 nitrogen and oxygen atoms in total. The van der Waals surface area contributed by atoms with Gasteiger partial charge in [0.2, 0.25) is 5.91 Å². The summed E-state index contributed by atoms with van der Waals surface area (Å²) < 4.78 is 19.4. The summed E-state index contributed by atoms with van der Waals surface area (Å²) in [5.41, 5.74) is 1.06. The van der Waals surface area contributed by atoms with Crippen molar-refractivity contribution in [1.82, 2.24) is 9.80 Å². The summed E-state index contributed by atoms with van der Waals surface area (Å²) in [6, 6.07) is 11.3. The molecule has 0 unspecified atom stereocenters. The second kappa shape index (κ2) is 9.62. The highest BCUT2D eigenvalue weighted by molar-refractivity contribution is 7.12. The van der Waals surface area contributed by atoms with E-state index in [1.807, 2.05) is 29.8 Å². The first-order valence-electron chi connectivity index (χ1n) is 10.1.